The highest BCUT2D eigenvalue weighted by molar-refractivity contribution is 5.97. The summed E-state index contributed by atoms with van der Waals surface area (Å²) in [6.45, 7) is 7.92. The Labute approximate surface area is 100 Å². The maximum Gasteiger partial charge on any atom is 0.372 e. The number of hydrogen-bond donors (Lipinski definition) is 1. The lowest BCUT2D eigenvalue weighted by atomic mass is 9.98. The van der Waals surface area contributed by atoms with E-state index in [1.807, 2.05) is 27.7 Å². The van der Waals surface area contributed by atoms with Crippen LogP contribution in [0.2, 0.25) is 0 Å². The van der Waals surface area contributed by atoms with Gasteiger partial charge in [0.15, 0.2) is 0 Å². The average Bonchev–Trinajstić information content (AvgIpc) is 2.65. The first-order valence-electron chi connectivity index (χ1n) is 5.72. The summed E-state index contributed by atoms with van der Waals surface area (Å²) in [5.41, 5.74) is 4.75. The van der Waals surface area contributed by atoms with E-state index in [1.54, 1.807) is 0 Å². The van der Waals surface area contributed by atoms with Gasteiger partial charge < -0.3 is 9.52 Å². The fourth-order valence-corrected chi connectivity index (χ4v) is 2.34. The Morgan fingerprint density at radius 3 is 2.47 bits per heavy atom. The van der Waals surface area contributed by atoms with Crippen LogP contribution in [0.15, 0.2) is 10.5 Å². The Kier molecular flexibility index (Phi) is 2.69. The Balaban J connectivity index is 2.96. The number of hydrogen-bond acceptors (Lipinski definition) is 2. The number of rotatable bonds is 2. The molecule has 1 aromatic heterocycles. The van der Waals surface area contributed by atoms with Crippen LogP contribution in [-0.4, -0.2) is 11.1 Å². The molecule has 0 amide bonds. The van der Waals surface area contributed by atoms with Crippen molar-refractivity contribution in [3.63, 3.8) is 0 Å². The minimum Gasteiger partial charge on any atom is -0.475 e. The average molecular weight is 232 g/mol. The predicted octanol–water partition coefficient (Wildman–Crippen LogP) is 3.62. The van der Waals surface area contributed by atoms with Gasteiger partial charge in [-0.3, -0.25) is 0 Å². The van der Waals surface area contributed by atoms with Crippen LogP contribution in [0.25, 0.3) is 11.0 Å². The number of carboxylic acid groups (broad SMARTS) is 1. The summed E-state index contributed by atoms with van der Waals surface area (Å²) in [5.74, 6) is -0.909. The molecule has 1 heterocycles. The summed E-state index contributed by atoms with van der Waals surface area (Å²) in [6.07, 6.45) is 0.665. The van der Waals surface area contributed by atoms with Gasteiger partial charge in [-0.05, 0) is 43.9 Å². The van der Waals surface area contributed by atoms with E-state index in [0.717, 1.165) is 33.2 Å². The molecular weight excluding hydrogens is 216 g/mol. The van der Waals surface area contributed by atoms with E-state index in [4.69, 9.17) is 9.52 Å². The summed E-state index contributed by atoms with van der Waals surface area (Å²) in [5, 5.41) is 10.1. The highest BCUT2D eigenvalue weighted by Crippen LogP contribution is 2.33. The van der Waals surface area contributed by atoms with Crippen LogP contribution in [0.4, 0.5) is 0 Å². The number of fused-ring (bicyclic) bond motifs is 1. The fourth-order valence-electron chi connectivity index (χ4n) is 2.34. The van der Waals surface area contributed by atoms with Crippen molar-refractivity contribution in [3.05, 3.63) is 34.1 Å². The maximum absolute atomic E-state index is 11.2. The number of aryl methyl sites for hydroxylation is 4. The van der Waals surface area contributed by atoms with Crippen molar-refractivity contribution in [1.29, 1.82) is 0 Å². The van der Waals surface area contributed by atoms with Crippen molar-refractivity contribution < 1.29 is 14.3 Å². The third-order valence-electron chi connectivity index (χ3n) is 3.31. The van der Waals surface area contributed by atoms with Gasteiger partial charge in [-0.25, -0.2) is 4.79 Å². The molecule has 0 aliphatic rings. The van der Waals surface area contributed by atoms with E-state index in [1.165, 1.54) is 0 Å². The predicted molar refractivity (Wildman–Crippen MR) is 66.8 cm³/mol. The molecule has 0 aliphatic heterocycles. The fraction of sp³-hybridized carbons (Fsp3) is 0.357. The van der Waals surface area contributed by atoms with Crippen LogP contribution in [0.5, 0.6) is 0 Å². The summed E-state index contributed by atoms with van der Waals surface area (Å²) >= 11 is 0. The van der Waals surface area contributed by atoms with E-state index < -0.39 is 5.97 Å². The molecule has 3 nitrogen and oxygen atoms in total. The summed E-state index contributed by atoms with van der Waals surface area (Å²) in [6, 6.07) is 2.08. The lowest BCUT2D eigenvalue weighted by Gasteiger charge is -2.04. The highest BCUT2D eigenvalue weighted by atomic mass is 16.4. The van der Waals surface area contributed by atoms with E-state index in [0.29, 0.717) is 6.42 Å². The molecule has 17 heavy (non-hydrogen) atoms. The van der Waals surface area contributed by atoms with E-state index in [-0.39, 0.29) is 5.76 Å². The van der Waals surface area contributed by atoms with E-state index in [2.05, 4.69) is 6.07 Å². The van der Waals surface area contributed by atoms with Gasteiger partial charge >= 0.3 is 5.97 Å². The normalized spacial score (nSPS) is 11.1. The van der Waals surface area contributed by atoms with Gasteiger partial charge in [0.2, 0.25) is 5.76 Å². The van der Waals surface area contributed by atoms with Crippen LogP contribution in [0.1, 0.15) is 39.7 Å². The van der Waals surface area contributed by atoms with Crippen molar-refractivity contribution in [2.45, 2.75) is 34.1 Å². The molecule has 0 aliphatic carbocycles. The van der Waals surface area contributed by atoms with Crippen molar-refractivity contribution in [3.8, 4) is 0 Å². The molecule has 0 fully saturated rings. The van der Waals surface area contributed by atoms with Gasteiger partial charge in [0.05, 0.1) is 0 Å². The molecule has 0 atom stereocenters. The first-order chi connectivity index (χ1) is 7.97. The molecular formula is C14H16O3. The molecule has 3 heteroatoms. The number of carbonyl (C=O) groups is 1. The Morgan fingerprint density at radius 1 is 1.29 bits per heavy atom. The molecule has 2 aromatic rings. The quantitative estimate of drug-likeness (QED) is 0.860. The molecule has 0 saturated heterocycles. The minimum atomic E-state index is -0.991. The molecule has 2 rings (SSSR count). The van der Waals surface area contributed by atoms with E-state index in [9.17, 15) is 4.79 Å². The Morgan fingerprint density at radius 2 is 1.94 bits per heavy atom. The first kappa shape index (κ1) is 11.7. The molecule has 0 spiro atoms. The van der Waals surface area contributed by atoms with Gasteiger partial charge in [-0.2, -0.15) is 0 Å². The summed E-state index contributed by atoms with van der Waals surface area (Å²) < 4.78 is 5.54. The molecule has 0 radical (unpaired) electrons. The van der Waals surface area contributed by atoms with Crippen molar-refractivity contribution in [1.82, 2.24) is 0 Å². The zero-order valence-corrected chi connectivity index (χ0v) is 10.5. The molecule has 0 bridgehead atoms. The molecule has 0 unspecified atom stereocenters. The summed E-state index contributed by atoms with van der Waals surface area (Å²) in [7, 11) is 0. The smallest absolute Gasteiger partial charge is 0.372 e. The first-order valence-corrected chi connectivity index (χ1v) is 5.72. The number of aromatic carboxylic acids is 1. The number of furan rings is 1. The second kappa shape index (κ2) is 3.91. The summed E-state index contributed by atoms with van der Waals surface area (Å²) in [4.78, 5) is 11.2. The zero-order chi connectivity index (χ0) is 12.7. The second-order valence-electron chi connectivity index (χ2n) is 4.41. The maximum atomic E-state index is 11.2. The van der Waals surface area contributed by atoms with Gasteiger partial charge in [0.25, 0.3) is 0 Å². The van der Waals surface area contributed by atoms with Crippen LogP contribution in [0.3, 0.4) is 0 Å². The van der Waals surface area contributed by atoms with Crippen molar-refractivity contribution >= 4 is 16.9 Å². The largest absolute Gasteiger partial charge is 0.475 e. The SMILES string of the molecule is CCc1c(C(=O)O)oc2c(C)c(C)cc(C)c12. The Hall–Kier alpha value is -1.77. The van der Waals surface area contributed by atoms with Crippen LogP contribution >= 0.6 is 0 Å². The number of benzene rings is 1. The topological polar surface area (TPSA) is 50.4 Å². The Bertz CT molecular complexity index is 606. The lowest BCUT2D eigenvalue weighted by molar-refractivity contribution is 0.0663. The number of carboxylic acids is 1. The van der Waals surface area contributed by atoms with Gasteiger partial charge in [0, 0.05) is 10.9 Å². The molecule has 0 saturated carbocycles. The van der Waals surface area contributed by atoms with Crippen LogP contribution in [-0.2, 0) is 6.42 Å². The van der Waals surface area contributed by atoms with E-state index >= 15 is 0 Å². The van der Waals surface area contributed by atoms with Crippen LogP contribution in [0, 0.1) is 20.8 Å². The molecule has 1 aromatic carbocycles. The van der Waals surface area contributed by atoms with Crippen molar-refractivity contribution in [2.75, 3.05) is 0 Å². The standard InChI is InChI=1S/C14H16O3/c1-5-10-11-8(3)6-7(2)9(4)12(11)17-13(10)14(15)16/h6H,5H2,1-4H3,(H,15,16). The van der Waals surface area contributed by atoms with Gasteiger partial charge in [-0.1, -0.05) is 13.0 Å². The monoisotopic (exact) mass is 232 g/mol. The third kappa shape index (κ3) is 1.62. The second-order valence-corrected chi connectivity index (χ2v) is 4.41. The third-order valence-corrected chi connectivity index (χ3v) is 3.31. The minimum absolute atomic E-state index is 0.0827. The van der Waals surface area contributed by atoms with Crippen LogP contribution < -0.4 is 0 Å². The lowest BCUT2D eigenvalue weighted by Crippen LogP contribution is -1.98. The molecule has 90 valence electrons. The zero-order valence-electron chi connectivity index (χ0n) is 10.5. The molecule has 1 N–H and O–H groups in total. The highest BCUT2D eigenvalue weighted by Gasteiger charge is 2.21. The van der Waals surface area contributed by atoms with Gasteiger partial charge in [0.1, 0.15) is 5.58 Å². The van der Waals surface area contributed by atoms with Gasteiger partial charge in [-0.15, -0.1) is 0 Å². The van der Waals surface area contributed by atoms with Crippen molar-refractivity contribution in [2.24, 2.45) is 0 Å².